The van der Waals surface area contributed by atoms with Gasteiger partial charge < -0.3 is 4.90 Å². The Labute approximate surface area is 263 Å². The molecule has 2 nitrogen and oxygen atoms in total. The molecule has 0 bridgehead atoms. The molecule has 6 rings (SSSR count). The van der Waals surface area contributed by atoms with Crippen molar-refractivity contribution in [2.24, 2.45) is 0 Å². The summed E-state index contributed by atoms with van der Waals surface area (Å²) in [6.45, 7) is 13.5. The Hall–Kier alpha value is -3.99. The third-order valence-corrected chi connectivity index (χ3v) is 10.1. The Kier molecular flexibility index (Phi) is 7.62. The summed E-state index contributed by atoms with van der Waals surface area (Å²) in [6, 6.07) is 37.8. The number of anilines is 3. The lowest BCUT2D eigenvalue weighted by Crippen LogP contribution is -2.14. The molecule has 0 aliphatic carbocycles. The van der Waals surface area contributed by atoms with Gasteiger partial charge in [-0.05, 0) is 63.2 Å². The van der Waals surface area contributed by atoms with Gasteiger partial charge in [-0.3, -0.25) is 4.79 Å². The Morgan fingerprint density at radius 1 is 0.605 bits per heavy atom. The van der Waals surface area contributed by atoms with E-state index in [1.54, 1.807) is 11.3 Å². The van der Waals surface area contributed by atoms with E-state index >= 15 is 0 Å². The van der Waals surface area contributed by atoms with E-state index in [9.17, 15) is 4.79 Å². The minimum atomic E-state index is 0.0402. The summed E-state index contributed by atoms with van der Waals surface area (Å²) in [5, 5.41) is 3.35. The van der Waals surface area contributed by atoms with Crippen LogP contribution < -0.4 is 4.90 Å². The monoisotopic (exact) mass is 599 g/mol. The molecule has 0 fully saturated rings. The number of hydrogen-bond acceptors (Lipinski definition) is 4. The second-order valence-electron chi connectivity index (χ2n) is 13.1. The molecule has 0 aliphatic heterocycles. The molecule has 0 aliphatic rings. The Bertz CT molecular complexity index is 1810. The van der Waals surface area contributed by atoms with Crippen LogP contribution in [0.1, 0.15) is 68.6 Å². The van der Waals surface area contributed by atoms with E-state index in [4.69, 9.17) is 0 Å². The van der Waals surface area contributed by atoms with Gasteiger partial charge in [0.25, 0.3) is 0 Å². The summed E-state index contributed by atoms with van der Waals surface area (Å²) in [5.74, 6) is 0.0402. The van der Waals surface area contributed by atoms with Gasteiger partial charge in [0.1, 0.15) is 5.00 Å². The first kappa shape index (κ1) is 29.1. The molecule has 0 amide bonds. The van der Waals surface area contributed by atoms with Crippen molar-refractivity contribution in [3.63, 3.8) is 0 Å². The zero-order valence-corrected chi connectivity index (χ0v) is 27.3. The molecular formula is C39H37NOS2. The standard InChI is InChI=1S/C39H37NOS2/c1-38(2,3)29-16-20-31(21-17-29)40(32-22-18-30(19-23-32)39(4,5)6)37-34(36-33(43-37)24-25-42-36)26-12-14-28(15-13-26)35(41)27-10-8-7-9-11-27/h7-25H,1-6H3. The molecule has 0 spiro atoms. The summed E-state index contributed by atoms with van der Waals surface area (Å²) in [6.07, 6.45) is 0. The molecule has 6 aromatic rings. The van der Waals surface area contributed by atoms with Crippen molar-refractivity contribution in [2.75, 3.05) is 4.90 Å². The number of benzene rings is 4. The zero-order valence-electron chi connectivity index (χ0n) is 25.6. The third kappa shape index (κ3) is 5.82. The first-order valence-electron chi connectivity index (χ1n) is 14.7. The van der Waals surface area contributed by atoms with Crippen LogP contribution in [0.25, 0.3) is 20.5 Å². The van der Waals surface area contributed by atoms with Gasteiger partial charge in [0.05, 0.1) is 4.70 Å². The van der Waals surface area contributed by atoms with E-state index in [2.05, 4.69) is 119 Å². The van der Waals surface area contributed by atoms with Crippen molar-refractivity contribution in [3.8, 4) is 11.1 Å². The highest BCUT2D eigenvalue weighted by Crippen LogP contribution is 2.51. The van der Waals surface area contributed by atoms with Gasteiger partial charge in [0.2, 0.25) is 0 Å². The second-order valence-corrected chi connectivity index (χ2v) is 15.0. The first-order chi connectivity index (χ1) is 20.5. The van der Waals surface area contributed by atoms with Crippen molar-refractivity contribution in [1.29, 1.82) is 0 Å². The molecule has 43 heavy (non-hydrogen) atoms. The van der Waals surface area contributed by atoms with Crippen molar-refractivity contribution >= 4 is 54.2 Å². The Morgan fingerprint density at radius 3 is 1.63 bits per heavy atom. The predicted molar refractivity (Wildman–Crippen MR) is 187 cm³/mol. The molecule has 0 N–H and O–H groups in total. The Morgan fingerprint density at radius 2 is 1.12 bits per heavy atom. The number of fused-ring (bicyclic) bond motifs is 1. The fraction of sp³-hybridized carbons (Fsp3) is 0.205. The van der Waals surface area contributed by atoms with Gasteiger partial charge in [-0.2, -0.15) is 0 Å². The molecule has 4 aromatic carbocycles. The van der Waals surface area contributed by atoms with Crippen molar-refractivity contribution in [3.05, 3.63) is 137 Å². The van der Waals surface area contributed by atoms with Crippen molar-refractivity contribution in [2.45, 2.75) is 52.4 Å². The van der Waals surface area contributed by atoms with Gasteiger partial charge >= 0.3 is 0 Å². The van der Waals surface area contributed by atoms with Crippen molar-refractivity contribution in [1.82, 2.24) is 0 Å². The average Bonchev–Trinajstić information content (AvgIpc) is 3.59. The van der Waals surface area contributed by atoms with Crippen LogP contribution in [0.5, 0.6) is 0 Å². The molecule has 2 aromatic heterocycles. The van der Waals surface area contributed by atoms with Gasteiger partial charge in [-0.15, -0.1) is 22.7 Å². The second kappa shape index (κ2) is 11.3. The number of ketones is 1. The van der Waals surface area contributed by atoms with Crippen LogP contribution >= 0.6 is 22.7 Å². The zero-order chi connectivity index (χ0) is 30.4. The molecule has 4 heteroatoms. The highest BCUT2D eigenvalue weighted by atomic mass is 32.1. The molecule has 0 saturated carbocycles. The highest BCUT2D eigenvalue weighted by molar-refractivity contribution is 7.30. The summed E-state index contributed by atoms with van der Waals surface area (Å²) in [7, 11) is 0. The SMILES string of the molecule is CC(C)(C)c1ccc(N(c2ccc(C(C)(C)C)cc2)c2sc3ccsc3c2-c2ccc(C(=O)c3ccccc3)cc2)cc1. The minimum Gasteiger partial charge on any atom is -0.301 e. The van der Waals surface area contributed by atoms with E-state index in [0.717, 1.165) is 16.9 Å². The molecule has 0 unspecified atom stereocenters. The maximum atomic E-state index is 13.2. The van der Waals surface area contributed by atoms with Gasteiger partial charge in [0.15, 0.2) is 5.78 Å². The summed E-state index contributed by atoms with van der Waals surface area (Å²) >= 11 is 3.59. The van der Waals surface area contributed by atoms with E-state index in [0.29, 0.717) is 11.1 Å². The van der Waals surface area contributed by atoms with E-state index in [-0.39, 0.29) is 16.6 Å². The van der Waals surface area contributed by atoms with Crippen LogP contribution in [-0.4, -0.2) is 5.78 Å². The quantitative estimate of drug-likeness (QED) is 0.178. The third-order valence-electron chi connectivity index (χ3n) is 7.93. The lowest BCUT2D eigenvalue weighted by atomic mass is 9.86. The molecule has 0 radical (unpaired) electrons. The molecule has 216 valence electrons. The molecule has 0 saturated heterocycles. The maximum absolute atomic E-state index is 13.2. The van der Waals surface area contributed by atoms with Crippen LogP contribution in [0.2, 0.25) is 0 Å². The Balaban J connectivity index is 1.49. The number of thiophene rings is 2. The summed E-state index contributed by atoms with van der Waals surface area (Å²) in [4.78, 5) is 15.5. The highest BCUT2D eigenvalue weighted by Gasteiger charge is 2.25. The number of hydrogen-bond donors (Lipinski definition) is 0. The van der Waals surface area contributed by atoms with Crippen LogP contribution in [0, 0.1) is 0 Å². The van der Waals surface area contributed by atoms with Gasteiger partial charge in [0, 0.05) is 32.8 Å². The summed E-state index contributed by atoms with van der Waals surface area (Å²) in [5.41, 5.74) is 8.74. The number of carbonyl (C=O) groups excluding carboxylic acids is 1. The van der Waals surface area contributed by atoms with Crippen LogP contribution in [0.4, 0.5) is 16.4 Å². The lowest BCUT2D eigenvalue weighted by molar-refractivity contribution is 0.103. The predicted octanol–water partition coefficient (Wildman–Crippen LogP) is 11.9. The smallest absolute Gasteiger partial charge is 0.193 e. The molecular weight excluding hydrogens is 563 g/mol. The number of carbonyl (C=O) groups is 1. The van der Waals surface area contributed by atoms with Gasteiger partial charge in [-0.25, -0.2) is 0 Å². The maximum Gasteiger partial charge on any atom is 0.193 e. The number of rotatable bonds is 6. The van der Waals surface area contributed by atoms with E-state index in [1.165, 1.54) is 31.1 Å². The van der Waals surface area contributed by atoms with Crippen molar-refractivity contribution < 1.29 is 4.79 Å². The fourth-order valence-electron chi connectivity index (χ4n) is 5.37. The topological polar surface area (TPSA) is 20.3 Å². The minimum absolute atomic E-state index is 0.0402. The van der Waals surface area contributed by atoms with E-state index < -0.39 is 0 Å². The van der Waals surface area contributed by atoms with E-state index in [1.807, 2.05) is 53.8 Å². The van der Waals surface area contributed by atoms with Crippen LogP contribution in [-0.2, 0) is 10.8 Å². The normalized spacial score (nSPS) is 12.0. The first-order valence-corrected chi connectivity index (χ1v) is 16.4. The molecule has 0 atom stereocenters. The van der Waals surface area contributed by atoms with Crippen LogP contribution in [0.3, 0.4) is 0 Å². The largest absolute Gasteiger partial charge is 0.301 e. The van der Waals surface area contributed by atoms with Crippen LogP contribution in [0.15, 0.2) is 115 Å². The van der Waals surface area contributed by atoms with Gasteiger partial charge in [-0.1, -0.05) is 120 Å². The number of nitrogens with zero attached hydrogens (tertiary/aromatic N) is 1. The fourth-order valence-corrected chi connectivity index (χ4v) is 7.81. The summed E-state index contributed by atoms with van der Waals surface area (Å²) < 4.78 is 2.53. The average molecular weight is 600 g/mol. The lowest BCUT2D eigenvalue weighted by Gasteiger charge is -2.28. The molecule has 2 heterocycles.